The molecule has 0 aromatic carbocycles. The fourth-order valence-corrected chi connectivity index (χ4v) is 6.54. The van der Waals surface area contributed by atoms with E-state index in [0.717, 1.165) is 25.7 Å². The average molecular weight is 706 g/mol. The van der Waals surface area contributed by atoms with Gasteiger partial charge in [-0.05, 0) is 12.8 Å². The Balaban J connectivity index is 4.23. The van der Waals surface area contributed by atoms with Crippen molar-refractivity contribution in [3.05, 3.63) is 0 Å². The van der Waals surface area contributed by atoms with Crippen molar-refractivity contribution in [2.45, 2.75) is 193 Å². The van der Waals surface area contributed by atoms with Crippen LogP contribution >= 0.6 is 7.82 Å². The summed E-state index contributed by atoms with van der Waals surface area (Å²) in [6.45, 7) is 5.93. The van der Waals surface area contributed by atoms with Crippen LogP contribution < -0.4 is 5.32 Å². The van der Waals surface area contributed by atoms with Gasteiger partial charge in [-0.1, -0.05) is 168 Å². The van der Waals surface area contributed by atoms with Crippen LogP contribution in [0.1, 0.15) is 187 Å². The average Bonchev–Trinajstić information content (AvgIpc) is 3.03. The Morgan fingerprint density at radius 1 is 0.604 bits per heavy atom. The van der Waals surface area contributed by atoms with Gasteiger partial charge in [0.15, 0.2) is 0 Å². The molecule has 0 saturated carbocycles. The van der Waals surface area contributed by atoms with E-state index in [1.54, 1.807) is 0 Å². The Labute approximate surface area is 298 Å². The molecule has 0 rings (SSSR count). The van der Waals surface area contributed by atoms with E-state index < -0.39 is 13.9 Å². The molecule has 288 valence electrons. The number of nitrogens with zero attached hydrogens (tertiary/aromatic N) is 1. The highest BCUT2D eigenvalue weighted by molar-refractivity contribution is 7.47. The van der Waals surface area contributed by atoms with Crippen molar-refractivity contribution < 1.29 is 32.5 Å². The van der Waals surface area contributed by atoms with Crippen molar-refractivity contribution in [2.75, 3.05) is 54.1 Å². The molecule has 0 heterocycles. The predicted molar refractivity (Wildman–Crippen MR) is 203 cm³/mol. The van der Waals surface area contributed by atoms with Gasteiger partial charge in [0.05, 0.1) is 33.9 Å². The predicted octanol–water partition coefficient (Wildman–Crippen LogP) is 10.9. The zero-order valence-corrected chi connectivity index (χ0v) is 33.5. The molecular weight excluding hydrogens is 623 g/mol. The SMILES string of the molecule is CCCCCCCCCCCCCCCCCOC(CNC(=O)CCCCCCCCCCCCC)COP(=O)(O)OCC[N+](C)(C)C. The van der Waals surface area contributed by atoms with E-state index in [1.165, 1.54) is 141 Å². The topological polar surface area (TPSA) is 94.1 Å². The summed E-state index contributed by atoms with van der Waals surface area (Å²) in [7, 11) is 1.78. The molecular formula is C39H82N2O6P+. The maximum atomic E-state index is 12.5. The molecule has 0 aliphatic heterocycles. The summed E-state index contributed by atoms with van der Waals surface area (Å²) in [6, 6.07) is 0. The number of phosphoric ester groups is 1. The van der Waals surface area contributed by atoms with E-state index >= 15 is 0 Å². The second kappa shape index (κ2) is 33.6. The van der Waals surface area contributed by atoms with Gasteiger partial charge in [0, 0.05) is 19.6 Å². The first-order valence-electron chi connectivity index (χ1n) is 20.4. The van der Waals surface area contributed by atoms with Crippen LogP contribution in [0, 0.1) is 0 Å². The van der Waals surface area contributed by atoms with Crippen LogP contribution in [0.4, 0.5) is 0 Å². The molecule has 0 aromatic heterocycles. The summed E-state index contributed by atoms with van der Waals surface area (Å²) in [5.74, 6) is -0.00197. The Kier molecular flexibility index (Phi) is 33.3. The lowest BCUT2D eigenvalue weighted by molar-refractivity contribution is -0.870. The van der Waals surface area contributed by atoms with E-state index in [2.05, 4.69) is 19.2 Å². The fourth-order valence-electron chi connectivity index (χ4n) is 5.80. The second-order valence-corrected chi connectivity index (χ2v) is 16.6. The number of phosphoric acid groups is 1. The highest BCUT2D eigenvalue weighted by Gasteiger charge is 2.25. The molecule has 2 N–H and O–H groups in total. The second-order valence-electron chi connectivity index (χ2n) is 15.1. The molecule has 2 unspecified atom stereocenters. The molecule has 0 saturated heterocycles. The molecule has 0 fully saturated rings. The standard InChI is InChI=1S/C39H81N2O6P/c1-6-8-10-12-14-16-18-19-20-21-23-25-27-29-31-34-45-38(37-47-48(43,44)46-35-33-41(3,4)5)36-40-39(42)32-30-28-26-24-22-17-15-13-11-9-7-2/h38H,6-37H2,1-5H3,(H-,40,42,43,44)/p+1. The van der Waals surface area contributed by atoms with E-state index in [4.69, 9.17) is 13.8 Å². The minimum atomic E-state index is -4.20. The molecule has 0 aromatic rings. The molecule has 1 amide bonds. The maximum absolute atomic E-state index is 12.5. The van der Waals surface area contributed by atoms with Gasteiger partial charge in [0.25, 0.3) is 0 Å². The number of nitrogens with one attached hydrogen (secondary N) is 1. The summed E-state index contributed by atoms with van der Waals surface area (Å²) in [6.07, 6.45) is 33.3. The Hall–Kier alpha value is -0.500. The summed E-state index contributed by atoms with van der Waals surface area (Å²) in [4.78, 5) is 22.7. The van der Waals surface area contributed by atoms with Gasteiger partial charge in [-0.15, -0.1) is 0 Å². The largest absolute Gasteiger partial charge is 0.472 e. The molecule has 0 aliphatic rings. The third kappa shape index (κ3) is 36.8. The number of quaternary nitrogens is 1. The first kappa shape index (κ1) is 47.5. The highest BCUT2D eigenvalue weighted by Crippen LogP contribution is 2.43. The normalized spacial score (nSPS) is 13.9. The van der Waals surface area contributed by atoms with Crippen LogP contribution in [0.2, 0.25) is 0 Å². The summed E-state index contributed by atoms with van der Waals surface area (Å²) >= 11 is 0. The van der Waals surface area contributed by atoms with E-state index in [9.17, 15) is 14.3 Å². The third-order valence-corrected chi connectivity index (χ3v) is 10.1. The minimum absolute atomic E-state index is 0.00197. The third-order valence-electron chi connectivity index (χ3n) is 9.08. The zero-order valence-electron chi connectivity index (χ0n) is 32.6. The van der Waals surface area contributed by atoms with Gasteiger partial charge in [-0.25, -0.2) is 4.57 Å². The van der Waals surface area contributed by atoms with Gasteiger partial charge in [0.2, 0.25) is 5.91 Å². The Bertz CT molecular complexity index is 748. The van der Waals surface area contributed by atoms with Crippen LogP contribution in [0.3, 0.4) is 0 Å². The van der Waals surface area contributed by atoms with Crippen molar-refractivity contribution in [1.29, 1.82) is 0 Å². The van der Waals surface area contributed by atoms with Crippen LogP contribution in [-0.4, -0.2) is 75.4 Å². The number of rotatable bonds is 38. The summed E-state index contributed by atoms with van der Waals surface area (Å²) in [5, 5.41) is 2.96. The number of hydrogen-bond donors (Lipinski definition) is 2. The van der Waals surface area contributed by atoms with Crippen molar-refractivity contribution in [1.82, 2.24) is 5.32 Å². The molecule has 48 heavy (non-hydrogen) atoms. The van der Waals surface area contributed by atoms with Crippen LogP contribution in [0.5, 0.6) is 0 Å². The smallest absolute Gasteiger partial charge is 0.374 e. The number of ether oxygens (including phenoxy) is 1. The number of unbranched alkanes of at least 4 members (excludes halogenated alkanes) is 24. The molecule has 0 bridgehead atoms. The number of hydrogen-bond acceptors (Lipinski definition) is 5. The zero-order chi connectivity index (χ0) is 35.6. The van der Waals surface area contributed by atoms with E-state index in [0.29, 0.717) is 24.1 Å². The first-order chi connectivity index (χ1) is 23.1. The van der Waals surface area contributed by atoms with Crippen molar-refractivity contribution >= 4 is 13.7 Å². The minimum Gasteiger partial charge on any atom is -0.374 e. The van der Waals surface area contributed by atoms with Gasteiger partial charge in [-0.2, -0.15) is 0 Å². The van der Waals surface area contributed by atoms with E-state index in [1.807, 2.05) is 21.1 Å². The summed E-state index contributed by atoms with van der Waals surface area (Å²) < 4.78 is 29.6. The van der Waals surface area contributed by atoms with Crippen molar-refractivity contribution in [3.63, 3.8) is 0 Å². The number of carbonyl (C=O) groups is 1. The fraction of sp³-hybridized carbons (Fsp3) is 0.974. The molecule has 0 spiro atoms. The van der Waals surface area contributed by atoms with Crippen LogP contribution in [-0.2, 0) is 23.1 Å². The maximum Gasteiger partial charge on any atom is 0.472 e. The quantitative estimate of drug-likeness (QED) is 0.0377. The molecule has 0 aliphatic carbocycles. The summed E-state index contributed by atoms with van der Waals surface area (Å²) in [5.41, 5.74) is 0. The number of amides is 1. The van der Waals surface area contributed by atoms with Crippen LogP contribution in [0.25, 0.3) is 0 Å². The lowest BCUT2D eigenvalue weighted by Gasteiger charge is -2.24. The molecule has 2 atom stereocenters. The lowest BCUT2D eigenvalue weighted by atomic mass is 10.0. The molecule has 8 nitrogen and oxygen atoms in total. The van der Waals surface area contributed by atoms with Crippen LogP contribution in [0.15, 0.2) is 0 Å². The monoisotopic (exact) mass is 706 g/mol. The molecule has 9 heteroatoms. The Morgan fingerprint density at radius 2 is 1.00 bits per heavy atom. The highest BCUT2D eigenvalue weighted by atomic mass is 31.2. The van der Waals surface area contributed by atoms with Gasteiger partial charge in [-0.3, -0.25) is 13.8 Å². The van der Waals surface area contributed by atoms with Gasteiger partial charge >= 0.3 is 7.82 Å². The lowest BCUT2D eigenvalue weighted by Crippen LogP contribution is -2.37. The van der Waals surface area contributed by atoms with E-state index in [-0.39, 0.29) is 25.7 Å². The van der Waals surface area contributed by atoms with Gasteiger partial charge in [0.1, 0.15) is 13.2 Å². The Morgan fingerprint density at radius 3 is 1.42 bits per heavy atom. The number of likely N-dealkylation sites (N-methyl/N-ethyl adjacent to an activating group) is 1. The molecule has 0 radical (unpaired) electrons. The van der Waals surface area contributed by atoms with Crippen molar-refractivity contribution in [2.24, 2.45) is 0 Å². The number of carbonyl (C=O) groups excluding carboxylic acids is 1. The first-order valence-corrected chi connectivity index (χ1v) is 21.9. The van der Waals surface area contributed by atoms with Crippen molar-refractivity contribution in [3.8, 4) is 0 Å². The van der Waals surface area contributed by atoms with Gasteiger partial charge < -0.3 is 19.4 Å².